The van der Waals surface area contributed by atoms with E-state index in [9.17, 15) is 4.39 Å². The maximum Gasteiger partial charge on any atom is 0.102 e. The second-order valence-corrected chi connectivity index (χ2v) is 3.08. The molecule has 0 aliphatic carbocycles. The van der Waals surface area contributed by atoms with Crippen molar-refractivity contribution in [1.82, 2.24) is 4.90 Å². The highest BCUT2D eigenvalue weighted by atomic mass is 19.1. The standard InChI is InChI=1S/C7H16FNO/c1-7(2,6-10)9(3)5-4-8/h10H,4-6H2,1-3H3. The van der Waals surface area contributed by atoms with Crippen molar-refractivity contribution in [3.05, 3.63) is 0 Å². The van der Waals surface area contributed by atoms with Gasteiger partial charge < -0.3 is 5.11 Å². The van der Waals surface area contributed by atoms with Crippen LogP contribution in [0.2, 0.25) is 0 Å². The quantitative estimate of drug-likeness (QED) is 0.634. The Morgan fingerprint density at radius 1 is 1.50 bits per heavy atom. The summed E-state index contributed by atoms with van der Waals surface area (Å²) < 4.78 is 11.8. The van der Waals surface area contributed by atoms with E-state index in [1.807, 2.05) is 13.8 Å². The fourth-order valence-electron chi connectivity index (χ4n) is 0.550. The van der Waals surface area contributed by atoms with Crippen molar-refractivity contribution >= 4 is 0 Å². The second kappa shape index (κ2) is 3.88. The number of hydrogen-bond acceptors (Lipinski definition) is 2. The maximum atomic E-state index is 11.8. The zero-order valence-corrected chi connectivity index (χ0v) is 6.89. The lowest BCUT2D eigenvalue weighted by Crippen LogP contribution is -2.45. The highest BCUT2D eigenvalue weighted by Crippen LogP contribution is 2.09. The van der Waals surface area contributed by atoms with Gasteiger partial charge in [0, 0.05) is 12.1 Å². The number of hydrogen-bond donors (Lipinski definition) is 1. The van der Waals surface area contributed by atoms with Crippen molar-refractivity contribution in [3.8, 4) is 0 Å². The van der Waals surface area contributed by atoms with Crippen LogP contribution in [-0.4, -0.2) is 42.4 Å². The molecule has 0 aromatic carbocycles. The van der Waals surface area contributed by atoms with Crippen LogP contribution in [0.15, 0.2) is 0 Å². The molecule has 62 valence electrons. The first-order chi connectivity index (χ1) is 4.54. The van der Waals surface area contributed by atoms with Crippen molar-refractivity contribution in [1.29, 1.82) is 0 Å². The lowest BCUT2D eigenvalue weighted by atomic mass is 10.1. The summed E-state index contributed by atoms with van der Waals surface area (Å²) in [6, 6.07) is 0. The highest BCUT2D eigenvalue weighted by Gasteiger charge is 2.21. The lowest BCUT2D eigenvalue weighted by Gasteiger charge is -2.32. The molecule has 0 atom stereocenters. The lowest BCUT2D eigenvalue weighted by molar-refractivity contribution is 0.0743. The van der Waals surface area contributed by atoms with Crippen LogP contribution in [-0.2, 0) is 0 Å². The molecule has 0 unspecified atom stereocenters. The fraction of sp³-hybridized carbons (Fsp3) is 1.00. The summed E-state index contributed by atoms with van der Waals surface area (Å²) in [7, 11) is 1.80. The van der Waals surface area contributed by atoms with Gasteiger partial charge in [0.25, 0.3) is 0 Å². The molecule has 10 heavy (non-hydrogen) atoms. The zero-order chi connectivity index (χ0) is 8.20. The summed E-state index contributed by atoms with van der Waals surface area (Å²) in [5.74, 6) is 0. The molecule has 0 fully saturated rings. The Bertz CT molecular complexity index is 95.6. The van der Waals surface area contributed by atoms with Gasteiger partial charge in [-0.05, 0) is 20.9 Å². The van der Waals surface area contributed by atoms with Gasteiger partial charge in [-0.3, -0.25) is 4.90 Å². The monoisotopic (exact) mass is 149 g/mol. The van der Waals surface area contributed by atoms with Crippen LogP contribution in [0.5, 0.6) is 0 Å². The van der Waals surface area contributed by atoms with E-state index in [1.165, 1.54) is 0 Å². The van der Waals surface area contributed by atoms with E-state index in [4.69, 9.17) is 5.11 Å². The minimum atomic E-state index is -0.361. The number of likely N-dealkylation sites (N-methyl/N-ethyl adjacent to an activating group) is 1. The molecule has 0 rings (SSSR count). The van der Waals surface area contributed by atoms with Gasteiger partial charge in [0.1, 0.15) is 6.67 Å². The molecule has 0 bridgehead atoms. The molecular weight excluding hydrogens is 133 g/mol. The van der Waals surface area contributed by atoms with Crippen molar-refractivity contribution in [2.75, 3.05) is 26.9 Å². The van der Waals surface area contributed by atoms with Crippen LogP contribution in [0.3, 0.4) is 0 Å². The molecule has 0 saturated carbocycles. The zero-order valence-electron chi connectivity index (χ0n) is 6.89. The average molecular weight is 149 g/mol. The number of alkyl halides is 1. The van der Waals surface area contributed by atoms with Gasteiger partial charge in [0.2, 0.25) is 0 Å². The summed E-state index contributed by atoms with van der Waals surface area (Å²) >= 11 is 0. The molecule has 1 N–H and O–H groups in total. The average Bonchev–Trinajstić information content (AvgIpc) is 1.89. The van der Waals surface area contributed by atoms with Gasteiger partial charge in [-0.1, -0.05) is 0 Å². The summed E-state index contributed by atoms with van der Waals surface area (Å²) in [6.45, 7) is 3.84. The minimum absolute atomic E-state index is 0.0590. The molecule has 0 spiro atoms. The summed E-state index contributed by atoms with van der Waals surface area (Å²) in [5.41, 5.74) is -0.300. The third kappa shape index (κ3) is 2.62. The van der Waals surface area contributed by atoms with Crippen molar-refractivity contribution in [2.45, 2.75) is 19.4 Å². The molecule has 0 aliphatic heterocycles. The Hall–Kier alpha value is -0.150. The molecule has 3 heteroatoms. The summed E-state index contributed by atoms with van der Waals surface area (Å²) in [6.07, 6.45) is 0. The van der Waals surface area contributed by atoms with Gasteiger partial charge >= 0.3 is 0 Å². The second-order valence-electron chi connectivity index (χ2n) is 3.08. The first kappa shape index (κ1) is 9.85. The number of aliphatic hydroxyl groups excluding tert-OH is 1. The van der Waals surface area contributed by atoms with Crippen molar-refractivity contribution < 1.29 is 9.50 Å². The first-order valence-electron chi connectivity index (χ1n) is 3.42. The van der Waals surface area contributed by atoms with E-state index < -0.39 is 0 Å². The Labute approximate surface area is 61.6 Å². The molecule has 0 saturated heterocycles. The SMILES string of the molecule is CN(CCF)C(C)(C)CO. The molecule has 0 radical (unpaired) electrons. The third-order valence-corrected chi connectivity index (χ3v) is 1.84. The molecule has 0 aromatic rings. The van der Waals surface area contributed by atoms with Crippen LogP contribution in [0.1, 0.15) is 13.8 Å². The Morgan fingerprint density at radius 2 is 2.00 bits per heavy atom. The fourth-order valence-corrected chi connectivity index (χ4v) is 0.550. The minimum Gasteiger partial charge on any atom is -0.394 e. The Kier molecular flexibility index (Phi) is 3.83. The smallest absolute Gasteiger partial charge is 0.102 e. The third-order valence-electron chi connectivity index (χ3n) is 1.84. The molecule has 0 aliphatic rings. The largest absolute Gasteiger partial charge is 0.394 e. The predicted molar refractivity (Wildman–Crippen MR) is 39.8 cm³/mol. The number of rotatable bonds is 4. The van der Waals surface area contributed by atoms with Gasteiger partial charge in [-0.15, -0.1) is 0 Å². The summed E-state index contributed by atoms with van der Waals surface area (Å²) in [5, 5.41) is 8.83. The summed E-state index contributed by atoms with van der Waals surface area (Å²) in [4.78, 5) is 1.80. The molecular formula is C7H16FNO. The van der Waals surface area contributed by atoms with E-state index in [0.29, 0.717) is 6.54 Å². The maximum absolute atomic E-state index is 11.8. The van der Waals surface area contributed by atoms with E-state index >= 15 is 0 Å². The first-order valence-corrected chi connectivity index (χ1v) is 3.42. The van der Waals surface area contributed by atoms with Crippen molar-refractivity contribution in [2.24, 2.45) is 0 Å². The Balaban J connectivity index is 3.78. The Morgan fingerprint density at radius 3 is 2.30 bits per heavy atom. The van der Waals surface area contributed by atoms with Crippen LogP contribution >= 0.6 is 0 Å². The van der Waals surface area contributed by atoms with Gasteiger partial charge in [0.15, 0.2) is 0 Å². The van der Waals surface area contributed by atoms with E-state index in [1.54, 1.807) is 11.9 Å². The van der Waals surface area contributed by atoms with Gasteiger partial charge in [-0.2, -0.15) is 0 Å². The van der Waals surface area contributed by atoms with Crippen LogP contribution in [0.4, 0.5) is 4.39 Å². The predicted octanol–water partition coefficient (Wildman–Crippen LogP) is 0.659. The highest BCUT2D eigenvalue weighted by molar-refractivity contribution is 4.77. The van der Waals surface area contributed by atoms with Crippen LogP contribution < -0.4 is 0 Å². The van der Waals surface area contributed by atoms with Gasteiger partial charge in [-0.25, -0.2) is 4.39 Å². The van der Waals surface area contributed by atoms with Gasteiger partial charge in [0.05, 0.1) is 6.61 Å². The van der Waals surface area contributed by atoms with Crippen LogP contribution in [0, 0.1) is 0 Å². The topological polar surface area (TPSA) is 23.5 Å². The van der Waals surface area contributed by atoms with Crippen LogP contribution in [0.25, 0.3) is 0 Å². The molecule has 2 nitrogen and oxygen atoms in total. The number of aliphatic hydroxyl groups is 1. The number of nitrogens with zero attached hydrogens (tertiary/aromatic N) is 1. The van der Waals surface area contributed by atoms with E-state index in [-0.39, 0.29) is 18.8 Å². The molecule has 0 aromatic heterocycles. The van der Waals surface area contributed by atoms with Crippen molar-refractivity contribution in [3.63, 3.8) is 0 Å². The normalized spacial score (nSPS) is 12.6. The van der Waals surface area contributed by atoms with E-state index in [0.717, 1.165) is 0 Å². The molecule has 0 heterocycles. The number of halogens is 1. The van der Waals surface area contributed by atoms with E-state index in [2.05, 4.69) is 0 Å². The molecule has 0 amide bonds.